The molecule has 1 atom stereocenters. The molecule has 1 N–H and O–H groups in total. The fourth-order valence-electron chi connectivity index (χ4n) is 3.66. The van der Waals surface area contributed by atoms with E-state index in [1.165, 1.54) is 6.42 Å². The Morgan fingerprint density at radius 2 is 2.00 bits per heavy atom. The number of aromatic nitrogens is 3. The normalized spacial score (nSPS) is 23.2. The SMILES string of the molecule is Cn1c(CN2CCOCC2)nnc1C1CCCN(CCOCCO)C1. The quantitative estimate of drug-likeness (QED) is 0.651. The van der Waals surface area contributed by atoms with Crippen LogP contribution in [0, 0.1) is 0 Å². The van der Waals surface area contributed by atoms with Crippen LogP contribution < -0.4 is 0 Å². The third kappa shape index (κ3) is 5.21. The van der Waals surface area contributed by atoms with Crippen LogP contribution in [0.4, 0.5) is 0 Å². The number of nitrogens with zero attached hydrogens (tertiary/aromatic N) is 5. The van der Waals surface area contributed by atoms with E-state index in [2.05, 4.69) is 31.6 Å². The third-order valence-electron chi connectivity index (χ3n) is 5.13. The van der Waals surface area contributed by atoms with Gasteiger partial charge in [-0.15, -0.1) is 10.2 Å². The number of aliphatic hydroxyl groups excluding tert-OH is 1. The predicted octanol–water partition coefficient (Wildman–Crippen LogP) is -0.164. The maximum absolute atomic E-state index is 8.78. The first kappa shape index (κ1) is 18.7. The van der Waals surface area contributed by atoms with Gasteiger partial charge in [0.2, 0.25) is 0 Å². The molecule has 3 heterocycles. The average Bonchev–Trinajstić information content (AvgIpc) is 3.00. The molecule has 8 heteroatoms. The summed E-state index contributed by atoms with van der Waals surface area (Å²) in [7, 11) is 2.09. The van der Waals surface area contributed by atoms with Crippen molar-refractivity contribution >= 4 is 0 Å². The second-order valence-corrected chi connectivity index (χ2v) is 6.90. The molecule has 2 aliphatic heterocycles. The van der Waals surface area contributed by atoms with Crippen LogP contribution in [0.25, 0.3) is 0 Å². The highest BCUT2D eigenvalue weighted by Gasteiger charge is 2.26. The number of piperidine rings is 1. The Morgan fingerprint density at radius 1 is 1.16 bits per heavy atom. The van der Waals surface area contributed by atoms with Gasteiger partial charge < -0.3 is 24.0 Å². The van der Waals surface area contributed by atoms with Crippen LogP contribution in [-0.4, -0.2) is 95.4 Å². The predicted molar refractivity (Wildman–Crippen MR) is 93.4 cm³/mol. The van der Waals surface area contributed by atoms with E-state index in [1.807, 2.05) is 0 Å². The zero-order valence-electron chi connectivity index (χ0n) is 15.3. The van der Waals surface area contributed by atoms with Gasteiger partial charge in [-0.3, -0.25) is 4.90 Å². The summed E-state index contributed by atoms with van der Waals surface area (Å²) in [5, 5.41) is 17.7. The summed E-state index contributed by atoms with van der Waals surface area (Å²) in [4.78, 5) is 4.81. The first-order valence-corrected chi connectivity index (χ1v) is 9.37. The molecular weight excluding hydrogens is 322 g/mol. The number of morpholine rings is 1. The monoisotopic (exact) mass is 353 g/mol. The van der Waals surface area contributed by atoms with Gasteiger partial charge in [-0.05, 0) is 19.4 Å². The Morgan fingerprint density at radius 3 is 2.80 bits per heavy atom. The van der Waals surface area contributed by atoms with Crippen molar-refractivity contribution in [1.29, 1.82) is 0 Å². The number of hydrogen-bond acceptors (Lipinski definition) is 7. The molecule has 2 aliphatic rings. The van der Waals surface area contributed by atoms with E-state index in [-0.39, 0.29) is 6.61 Å². The summed E-state index contributed by atoms with van der Waals surface area (Å²) in [6.45, 7) is 8.60. The van der Waals surface area contributed by atoms with Crippen LogP contribution in [0.5, 0.6) is 0 Å². The molecule has 1 aromatic rings. The minimum Gasteiger partial charge on any atom is -0.394 e. The average molecular weight is 353 g/mol. The Hall–Kier alpha value is -1.06. The van der Waals surface area contributed by atoms with Gasteiger partial charge >= 0.3 is 0 Å². The fraction of sp³-hybridized carbons (Fsp3) is 0.882. The molecule has 0 amide bonds. The highest BCUT2D eigenvalue weighted by atomic mass is 16.5. The van der Waals surface area contributed by atoms with Crippen LogP contribution in [0.2, 0.25) is 0 Å². The van der Waals surface area contributed by atoms with Gasteiger partial charge in [0.25, 0.3) is 0 Å². The summed E-state index contributed by atoms with van der Waals surface area (Å²) in [5.41, 5.74) is 0. The van der Waals surface area contributed by atoms with Crippen LogP contribution in [0.1, 0.15) is 30.4 Å². The van der Waals surface area contributed by atoms with Crippen molar-refractivity contribution in [3.8, 4) is 0 Å². The van der Waals surface area contributed by atoms with Gasteiger partial charge in [0, 0.05) is 39.1 Å². The van der Waals surface area contributed by atoms with Gasteiger partial charge in [-0.25, -0.2) is 0 Å². The van der Waals surface area contributed by atoms with Crippen LogP contribution in [0.15, 0.2) is 0 Å². The molecule has 2 fully saturated rings. The summed E-state index contributed by atoms with van der Waals surface area (Å²) < 4.78 is 13.0. The zero-order chi connectivity index (χ0) is 17.5. The zero-order valence-corrected chi connectivity index (χ0v) is 15.3. The lowest BCUT2D eigenvalue weighted by molar-refractivity contribution is 0.0326. The van der Waals surface area contributed by atoms with Crippen molar-refractivity contribution in [3.63, 3.8) is 0 Å². The van der Waals surface area contributed by atoms with Crippen molar-refractivity contribution in [3.05, 3.63) is 11.6 Å². The first-order chi connectivity index (χ1) is 12.3. The standard InChI is InChI=1S/C17H31N5O3/c1-20-16(14-22-6-9-24-10-7-22)18-19-17(20)15-3-2-4-21(13-15)5-11-25-12-8-23/h15,23H,2-14H2,1H3. The lowest BCUT2D eigenvalue weighted by Crippen LogP contribution is -2.38. The highest BCUT2D eigenvalue weighted by Crippen LogP contribution is 2.25. The molecule has 0 saturated carbocycles. The van der Waals surface area contributed by atoms with Gasteiger partial charge in [-0.1, -0.05) is 0 Å². The Labute approximate surface area is 149 Å². The first-order valence-electron chi connectivity index (χ1n) is 9.37. The summed E-state index contributed by atoms with van der Waals surface area (Å²) >= 11 is 0. The molecular formula is C17H31N5O3. The fourth-order valence-corrected chi connectivity index (χ4v) is 3.66. The summed E-state index contributed by atoms with van der Waals surface area (Å²) in [5.74, 6) is 2.58. The summed E-state index contributed by atoms with van der Waals surface area (Å²) in [6.07, 6.45) is 2.34. The van der Waals surface area contributed by atoms with E-state index < -0.39 is 0 Å². The Balaban J connectivity index is 1.53. The minimum atomic E-state index is 0.0908. The van der Waals surface area contributed by atoms with Gasteiger partial charge in [0.05, 0.1) is 39.6 Å². The Kier molecular flexibility index (Phi) is 7.18. The molecule has 2 saturated heterocycles. The van der Waals surface area contributed by atoms with E-state index in [0.29, 0.717) is 19.1 Å². The summed E-state index contributed by atoms with van der Waals surface area (Å²) in [6, 6.07) is 0. The topological polar surface area (TPSA) is 75.9 Å². The van der Waals surface area contributed by atoms with Crippen LogP contribution in [0.3, 0.4) is 0 Å². The van der Waals surface area contributed by atoms with Crippen LogP contribution in [-0.2, 0) is 23.1 Å². The molecule has 0 aromatic carbocycles. The lowest BCUT2D eigenvalue weighted by atomic mass is 9.97. The number of rotatable bonds is 8. The Bertz CT molecular complexity index is 518. The van der Waals surface area contributed by atoms with Gasteiger partial charge in [0.1, 0.15) is 11.6 Å². The molecule has 1 unspecified atom stereocenters. The van der Waals surface area contributed by atoms with Crippen molar-refractivity contribution in [2.45, 2.75) is 25.3 Å². The van der Waals surface area contributed by atoms with Crippen LogP contribution >= 0.6 is 0 Å². The molecule has 0 bridgehead atoms. The third-order valence-corrected chi connectivity index (χ3v) is 5.13. The maximum atomic E-state index is 8.78. The number of likely N-dealkylation sites (tertiary alicyclic amines) is 1. The molecule has 1 aromatic heterocycles. The number of aliphatic hydroxyl groups is 1. The van der Waals surface area contributed by atoms with Gasteiger partial charge in [-0.2, -0.15) is 0 Å². The van der Waals surface area contributed by atoms with Crippen molar-refractivity contribution in [2.24, 2.45) is 7.05 Å². The minimum absolute atomic E-state index is 0.0908. The van der Waals surface area contributed by atoms with Crippen molar-refractivity contribution < 1.29 is 14.6 Å². The molecule has 0 spiro atoms. The van der Waals surface area contributed by atoms with E-state index in [9.17, 15) is 0 Å². The van der Waals surface area contributed by atoms with Crippen molar-refractivity contribution in [2.75, 3.05) is 65.8 Å². The molecule has 0 aliphatic carbocycles. The highest BCUT2D eigenvalue weighted by molar-refractivity contribution is 5.04. The lowest BCUT2D eigenvalue weighted by Gasteiger charge is -2.32. The molecule has 3 rings (SSSR count). The van der Waals surface area contributed by atoms with E-state index in [1.54, 1.807) is 0 Å². The number of ether oxygens (including phenoxy) is 2. The largest absolute Gasteiger partial charge is 0.394 e. The van der Waals surface area contributed by atoms with Crippen molar-refractivity contribution in [1.82, 2.24) is 24.6 Å². The molecule has 0 radical (unpaired) electrons. The van der Waals surface area contributed by atoms with E-state index >= 15 is 0 Å². The number of hydrogen-bond donors (Lipinski definition) is 1. The maximum Gasteiger partial charge on any atom is 0.146 e. The molecule has 8 nitrogen and oxygen atoms in total. The smallest absolute Gasteiger partial charge is 0.146 e. The van der Waals surface area contributed by atoms with Gasteiger partial charge in [0.15, 0.2) is 0 Å². The molecule has 142 valence electrons. The van der Waals surface area contributed by atoms with E-state index in [0.717, 1.165) is 70.6 Å². The second kappa shape index (κ2) is 9.59. The second-order valence-electron chi connectivity index (χ2n) is 6.90. The molecule has 25 heavy (non-hydrogen) atoms. The van der Waals surface area contributed by atoms with E-state index in [4.69, 9.17) is 14.6 Å².